The maximum Gasteiger partial charge on any atom is 0.106 e. The zero-order valence-electron chi connectivity index (χ0n) is 10.9. The summed E-state index contributed by atoms with van der Waals surface area (Å²) in [6, 6.07) is 6.53. The van der Waals surface area contributed by atoms with Crippen LogP contribution in [0.3, 0.4) is 0 Å². The minimum absolute atomic E-state index is 0.440. The molecule has 0 radical (unpaired) electrons. The zero-order chi connectivity index (χ0) is 13.7. The zero-order valence-corrected chi connectivity index (χ0v) is 14.2. The molecule has 0 fully saturated rings. The first-order valence-electron chi connectivity index (χ1n) is 5.78. The first-order chi connectivity index (χ1) is 8.47. The molecule has 0 heterocycles. The van der Waals surface area contributed by atoms with Crippen LogP contribution in [0.15, 0.2) is 22.7 Å². The predicted octanol–water partition coefficient (Wildman–Crippen LogP) is 3.66. The molecule has 0 aliphatic carbocycles. The van der Waals surface area contributed by atoms with Gasteiger partial charge in [-0.1, -0.05) is 28.1 Å². The number of thiocarbonyl (C=S) groups is 1. The van der Waals surface area contributed by atoms with Crippen molar-refractivity contribution in [2.75, 3.05) is 24.0 Å². The van der Waals surface area contributed by atoms with Crippen LogP contribution >= 0.6 is 39.9 Å². The summed E-state index contributed by atoms with van der Waals surface area (Å²) < 4.78 is 0.999. The second kappa shape index (κ2) is 7.36. The minimum atomic E-state index is 0.440. The van der Waals surface area contributed by atoms with Crippen molar-refractivity contribution in [2.24, 2.45) is 5.73 Å². The summed E-state index contributed by atoms with van der Waals surface area (Å²) in [7, 11) is 2.09. The first kappa shape index (κ1) is 15.8. The van der Waals surface area contributed by atoms with Gasteiger partial charge in [-0.25, -0.2) is 0 Å². The van der Waals surface area contributed by atoms with Gasteiger partial charge in [0, 0.05) is 28.8 Å². The van der Waals surface area contributed by atoms with Gasteiger partial charge < -0.3 is 10.6 Å². The van der Waals surface area contributed by atoms with E-state index < -0.39 is 0 Å². The summed E-state index contributed by atoms with van der Waals surface area (Å²) in [6.07, 6.45) is 3.28. The van der Waals surface area contributed by atoms with Crippen LogP contribution in [0.25, 0.3) is 0 Å². The van der Waals surface area contributed by atoms with Gasteiger partial charge in [0.25, 0.3) is 0 Å². The molecule has 2 N–H and O–H groups in total. The average molecular weight is 347 g/mol. The molecule has 1 rings (SSSR count). The molecular formula is C13H19BrN2S2. The van der Waals surface area contributed by atoms with Crippen molar-refractivity contribution in [1.29, 1.82) is 0 Å². The van der Waals surface area contributed by atoms with Crippen molar-refractivity contribution in [2.45, 2.75) is 19.4 Å². The summed E-state index contributed by atoms with van der Waals surface area (Å²) in [5.74, 6) is 1.16. The highest BCUT2D eigenvalue weighted by atomic mass is 79.9. The predicted molar refractivity (Wildman–Crippen MR) is 90.9 cm³/mol. The maximum atomic E-state index is 5.80. The Labute approximate surface area is 127 Å². The van der Waals surface area contributed by atoms with Crippen LogP contribution in [0.1, 0.15) is 18.9 Å². The smallest absolute Gasteiger partial charge is 0.106 e. The van der Waals surface area contributed by atoms with Crippen molar-refractivity contribution < 1.29 is 0 Å². The van der Waals surface area contributed by atoms with Gasteiger partial charge in [-0.2, -0.15) is 11.8 Å². The monoisotopic (exact) mass is 346 g/mol. The Bertz CT molecular complexity index is 423. The van der Waals surface area contributed by atoms with E-state index in [-0.39, 0.29) is 0 Å². The third-order valence-corrected chi connectivity index (χ3v) is 4.36. The number of rotatable bonds is 6. The van der Waals surface area contributed by atoms with E-state index >= 15 is 0 Å². The first-order valence-corrected chi connectivity index (χ1v) is 8.38. The molecule has 0 aromatic heterocycles. The molecule has 0 bridgehead atoms. The van der Waals surface area contributed by atoms with Crippen molar-refractivity contribution in [3.8, 4) is 0 Å². The quantitative estimate of drug-likeness (QED) is 0.796. The molecule has 0 saturated carbocycles. The Balaban J connectivity index is 2.97. The fourth-order valence-electron chi connectivity index (χ4n) is 1.73. The van der Waals surface area contributed by atoms with Gasteiger partial charge in [-0.15, -0.1) is 0 Å². The van der Waals surface area contributed by atoms with Gasteiger partial charge in [-0.3, -0.25) is 0 Å². The van der Waals surface area contributed by atoms with Crippen LogP contribution in [0, 0.1) is 0 Å². The highest BCUT2D eigenvalue weighted by Gasteiger charge is 2.15. The number of thioether (sulfide) groups is 1. The van der Waals surface area contributed by atoms with Crippen LogP contribution < -0.4 is 10.6 Å². The molecule has 0 saturated heterocycles. The molecule has 2 nitrogen and oxygen atoms in total. The molecule has 5 heteroatoms. The lowest BCUT2D eigenvalue weighted by Gasteiger charge is -2.29. The van der Waals surface area contributed by atoms with Crippen LogP contribution in [-0.4, -0.2) is 30.1 Å². The van der Waals surface area contributed by atoms with Gasteiger partial charge >= 0.3 is 0 Å². The topological polar surface area (TPSA) is 29.3 Å². The van der Waals surface area contributed by atoms with Crippen molar-refractivity contribution in [3.05, 3.63) is 28.2 Å². The lowest BCUT2D eigenvalue weighted by Crippen LogP contribution is -2.31. The molecule has 0 aliphatic heterocycles. The van der Waals surface area contributed by atoms with Gasteiger partial charge in [0.2, 0.25) is 0 Å². The van der Waals surface area contributed by atoms with Crippen molar-refractivity contribution in [3.63, 3.8) is 0 Å². The van der Waals surface area contributed by atoms with Gasteiger partial charge in [0.1, 0.15) is 4.99 Å². The third kappa shape index (κ3) is 4.14. The minimum Gasteiger partial charge on any atom is -0.389 e. The molecule has 0 amide bonds. The van der Waals surface area contributed by atoms with E-state index in [0.29, 0.717) is 11.0 Å². The number of anilines is 1. The van der Waals surface area contributed by atoms with Crippen LogP contribution in [0.4, 0.5) is 5.69 Å². The van der Waals surface area contributed by atoms with Crippen molar-refractivity contribution in [1.82, 2.24) is 0 Å². The molecule has 0 spiro atoms. The summed E-state index contributed by atoms with van der Waals surface area (Å²) >= 11 is 10.5. The fraction of sp³-hybridized carbons (Fsp3) is 0.462. The molecule has 1 aromatic carbocycles. The van der Waals surface area contributed by atoms with Gasteiger partial charge in [0.15, 0.2) is 0 Å². The summed E-state index contributed by atoms with van der Waals surface area (Å²) in [4.78, 5) is 2.69. The number of benzene rings is 1. The molecule has 1 aromatic rings. The third-order valence-electron chi connectivity index (χ3n) is 3.00. The highest BCUT2D eigenvalue weighted by Crippen LogP contribution is 2.26. The van der Waals surface area contributed by atoms with E-state index in [4.69, 9.17) is 18.0 Å². The standard InChI is InChI=1S/C13H19BrN2S2/c1-9(6-7-18-3)16(2)12-5-4-10(14)8-11(12)13(15)17/h4-5,8-9H,6-7H2,1-3H3,(H2,15,17). The average Bonchev–Trinajstić information content (AvgIpc) is 2.34. The summed E-state index contributed by atoms with van der Waals surface area (Å²) in [6.45, 7) is 2.22. The maximum absolute atomic E-state index is 5.80. The van der Waals surface area contributed by atoms with Crippen LogP contribution in [0.2, 0.25) is 0 Å². The number of hydrogen-bond acceptors (Lipinski definition) is 3. The number of hydrogen-bond donors (Lipinski definition) is 1. The second-order valence-corrected chi connectivity index (χ2v) is 6.61. The Hall–Kier alpha value is -0.260. The molecular weight excluding hydrogens is 328 g/mol. The van der Waals surface area contributed by atoms with Crippen LogP contribution in [0.5, 0.6) is 0 Å². The Kier molecular flexibility index (Phi) is 6.46. The summed E-state index contributed by atoms with van der Waals surface area (Å²) in [5, 5.41) is 0. The lowest BCUT2D eigenvalue weighted by molar-refractivity contribution is 0.669. The van der Waals surface area contributed by atoms with Gasteiger partial charge in [0.05, 0.1) is 0 Å². The number of nitrogens with zero attached hydrogens (tertiary/aromatic N) is 1. The molecule has 0 aliphatic rings. The highest BCUT2D eigenvalue weighted by molar-refractivity contribution is 9.10. The van der Waals surface area contributed by atoms with E-state index in [0.717, 1.165) is 27.9 Å². The summed E-state index contributed by atoms with van der Waals surface area (Å²) in [5.41, 5.74) is 7.83. The van der Waals surface area contributed by atoms with Gasteiger partial charge in [-0.05, 0) is 43.6 Å². The van der Waals surface area contributed by atoms with E-state index in [9.17, 15) is 0 Å². The number of nitrogens with two attached hydrogens (primary N) is 1. The van der Waals surface area contributed by atoms with E-state index in [1.807, 2.05) is 23.9 Å². The molecule has 18 heavy (non-hydrogen) atoms. The van der Waals surface area contributed by atoms with E-state index in [2.05, 4.69) is 47.1 Å². The normalized spacial score (nSPS) is 12.2. The Morgan fingerprint density at radius 3 is 2.78 bits per heavy atom. The lowest BCUT2D eigenvalue weighted by atomic mass is 10.1. The SMILES string of the molecule is CSCCC(C)N(C)c1ccc(Br)cc1C(N)=S. The van der Waals surface area contributed by atoms with E-state index in [1.165, 1.54) is 0 Å². The largest absolute Gasteiger partial charge is 0.389 e. The van der Waals surface area contributed by atoms with Crippen LogP contribution in [-0.2, 0) is 0 Å². The van der Waals surface area contributed by atoms with E-state index in [1.54, 1.807) is 0 Å². The number of halogens is 1. The second-order valence-electron chi connectivity index (χ2n) is 4.27. The Morgan fingerprint density at radius 2 is 2.22 bits per heavy atom. The van der Waals surface area contributed by atoms with Crippen molar-refractivity contribution >= 4 is 50.6 Å². The molecule has 100 valence electrons. The fourth-order valence-corrected chi connectivity index (χ4v) is 2.83. The molecule has 1 unspecified atom stereocenters. The molecule has 1 atom stereocenters. The Morgan fingerprint density at radius 1 is 1.56 bits per heavy atom.